The van der Waals surface area contributed by atoms with Crippen LogP contribution in [0.4, 0.5) is 17.3 Å². The Balaban J connectivity index is 1.42. The number of fused-ring (bicyclic) bond motifs is 1. The predicted octanol–water partition coefficient (Wildman–Crippen LogP) is 8.10. The smallest absolute Gasteiger partial charge is 0.229 e. The molecule has 1 N–H and O–H groups in total. The van der Waals surface area contributed by atoms with Gasteiger partial charge in [-0.3, -0.25) is 0 Å². The first-order valence-corrected chi connectivity index (χ1v) is 19.1. The van der Waals surface area contributed by atoms with Crippen molar-refractivity contribution >= 4 is 36.4 Å². The van der Waals surface area contributed by atoms with Crippen LogP contribution in [0, 0.1) is 11.5 Å². The number of nitrogens with one attached hydrogen (secondary N) is 1. The number of likely N-dealkylation sites (N-methyl/N-ethyl adjacent to an activating group) is 1. The van der Waals surface area contributed by atoms with Gasteiger partial charge in [-0.2, -0.15) is 9.97 Å². The topological polar surface area (TPSA) is 66.4 Å². The van der Waals surface area contributed by atoms with E-state index >= 15 is 0 Å². The lowest BCUT2D eigenvalue weighted by molar-refractivity contribution is 0.300. The van der Waals surface area contributed by atoms with E-state index in [4.69, 9.17) is 19.7 Å². The molecule has 46 heavy (non-hydrogen) atoms. The number of anilines is 3. The number of piperazine rings is 1. The molecule has 3 heterocycles. The van der Waals surface area contributed by atoms with Crippen molar-refractivity contribution in [3.8, 4) is 17.3 Å². The van der Waals surface area contributed by atoms with Crippen LogP contribution in [0.2, 0.25) is 16.6 Å². The number of nitrogens with zero attached hydrogens (tertiary/aromatic N) is 5. The summed E-state index contributed by atoms with van der Waals surface area (Å²) >= 11 is 0. The van der Waals surface area contributed by atoms with Gasteiger partial charge in [-0.1, -0.05) is 77.8 Å². The molecule has 0 atom stereocenters. The summed E-state index contributed by atoms with van der Waals surface area (Å²) in [5.74, 6) is 4.68. The molecule has 2 aromatic heterocycles. The molecule has 8 heteroatoms. The van der Waals surface area contributed by atoms with Crippen molar-refractivity contribution < 1.29 is 4.74 Å². The molecule has 1 aliphatic heterocycles. The average Bonchev–Trinajstić information content (AvgIpc) is 3.04. The third kappa shape index (κ3) is 7.88. The van der Waals surface area contributed by atoms with Crippen molar-refractivity contribution in [2.24, 2.45) is 0 Å². The standard InChI is InChI=1S/C38H50N6OSi/c1-28(2)46(29(3)4,30(5)6)25-19-32-26-36(45-24-11-14-31-12-9-8-10-13-31)41-37-35(32)27-39-38(42-37)40-33-15-17-34(18-16-33)44-22-20-43(7)21-23-44/h8-10,12-13,15-18,26-30H,11,14,20-24H2,1-7H3,(H,39,40,41,42). The van der Waals surface area contributed by atoms with E-state index in [1.165, 1.54) is 11.3 Å². The molecule has 242 valence electrons. The SMILES string of the molecule is CC(C)[Si](C#Cc1cc(OCCCc2ccccc2)nc2nc(Nc3ccc(N4CCN(C)CC4)cc3)ncc12)(C(C)C)C(C)C. The van der Waals surface area contributed by atoms with Crippen LogP contribution in [-0.2, 0) is 6.42 Å². The van der Waals surface area contributed by atoms with E-state index in [0.29, 0.717) is 40.7 Å². The zero-order chi connectivity index (χ0) is 32.7. The fraction of sp³-hybridized carbons (Fsp3) is 0.447. The second kappa shape index (κ2) is 15.1. The van der Waals surface area contributed by atoms with Gasteiger partial charge in [0.1, 0.15) is 8.07 Å². The maximum Gasteiger partial charge on any atom is 0.229 e. The molecular weight excluding hydrogens is 585 g/mol. The van der Waals surface area contributed by atoms with Crippen molar-refractivity contribution in [3.63, 3.8) is 0 Å². The van der Waals surface area contributed by atoms with Crippen LogP contribution in [0.3, 0.4) is 0 Å². The molecule has 0 saturated carbocycles. The Kier molecular flexibility index (Phi) is 11.0. The molecule has 1 fully saturated rings. The quantitative estimate of drug-likeness (QED) is 0.102. The summed E-state index contributed by atoms with van der Waals surface area (Å²) in [4.78, 5) is 19.2. The molecule has 2 aromatic carbocycles. The molecule has 0 bridgehead atoms. The summed E-state index contributed by atoms with van der Waals surface area (Å²) in [7, 11) is 0.230. The van der Waals surface area contributed by atoms with Crippen molar-refractivity contribution in [1.29, 1.82) is 0 Å². The van der Waals surface area contributed by atoms with Crippen LogP contribution in [0.25, 0.3) is 11.0 Å². The summed E-state index contributed by atoms with van der Waals surface area (Å²) in [6.45, 7) is 18.8. The number of aryl methyl sites for hydroxylation is 1. The highest BCUT2D eigenvalue weighted by Crippen LogP contribution is 2.41. The van der Waals surface area contributed by atoms with Gasteiger partial charge < -0.3 is 19.9 Å². The highest BCUT2D eigenvalue weighted by molar-refractivity contribution is 6.90. The summed E-state index contributed by atoms with van der Waals surface area (Å²) in [6.07, 6.45) is 3.70. The molecule has 7 nitrogen and oxygen atoms in total. The minimum absolute atomic E-state index is 0.503. The lowest BCUT2D eigenvalue weighted by Gasteiger charge is -2.38. The molecule has 5 rings (SSSR count). The van der Waals surface area contributed by atoms with Crippen LogP contribution in [0.15, 0.2) is 66.9 Å². The summed E-state index contributed by atoms with van der Waals surface area (Å²) in [5, 5.41) is 4.23. The Morgan fingerprint density at radius 1 is 0.870 bits per heavy atom. The Morgan fingerprint density at radius 2 is 1.54 bits per heavy atom. The van der Waals surface area contributed by atoms with E-state index in [2.05, 4.69) is 124 Å². The maximum absolute atomic E-state index is 6.23. The highest BCUT2D eigenvalue weighted by atomic mass is 28.3. The second-order valence-electron chi connectivity index (χ2n) is 13.5. The Hall–Kier alpha value is -3.93. The number of ether oxygens (including phenoxy) is 1. The lowest BCUT2D eigenvalue weighted by atomic mass is 10.1. The largest absolute Gasteiger partial charge is 0.478 e. The minimum Gasteiger partial charge on any atom is -0.478 e. The fourth-order valence-electron chi connectivity index (χ4n) is 6.88. The third-order valence-corrected chi connectivity index (χ3v) is 15.8. The third-order valence-electron chi connectivity index (χ3n) is 9.52. The van der Waals surface area contributed by atoms with Gasteiger partial charge in [0.25, 0.3) is 0 Å². The van der Waals surface area contributed by atoms with Crippen LogP contribution < -0.4 is 15.0 Å². The van der Waals surface area contributed by atoms with Gasteiger partial charge in [0.15, 0.2) is 5.65 Å². The second-order valence-corrected chi connectivity index (χ2v) is 19.1. The highest BCUT2D eigenvalue weighted by Gasteiger charge is 2.41. The van der Waals surface area contributed by atoms with E-state index in [0.717, 1.165) is 55.7 Å². The molecular formula is C38H50N6OSi. The Bertz CT molecular complexity index is 1620. The zero-order valence-corrected chi connectivity index (χ0v) is 29.7. The van der Waals surface area contributed by atoms with Gasteiger partial charge in [0.2, 0.25) is 11.8 Å². The van der Waals surface area contributed by atoms with Gasteiger partial charge in [-0.05, 0) is 66.3 Å². The molecule has 0 aliphatic carbocycles. The van der Waals surface area contributed by atoms with Crippen LogP contribution in [-0.4, -0.2) is 67.8 Å². The van der Waals surface area contributed by atoms with Crippen LogP contribution in [0.5, 0.6) is 5.88 Å². The number of pyridine rings is 1. The van der Waals surface area contributed by atoms with Crippen molar-refractivity contribution in [3.05, 3.63) is 78.0 Å². The van der Waals surface area contributed by atoms with E-state index < -0.39 is 8.07 Å². The maximum atomic E-state index is 6.23. The van der Waals surface area contributed by atoms with Crippen molar-refractivity contribution in [2.45, 2.75) is 71.0 Å². The first-order valence-electron chi connectivity index (χ1n) is 16.8. The molecule has 1 saturated heterocycles. The molecule has 4 aromatic rings. The summed E-state index contributed by atoms with van der Waals surface area (Å²) in [5.41, 5.74) is 10.4. The minimum atomic E-state index is -1.95. The number of hydrogen-bond acceptors (Lipinski definition) is 7. The molecule has 0 spiro atoms. The fourth-order valence-corrected chi connectivity index (χ4v) is 12.1. The first kappa shape index (κ1) is 33.4. The van der Waals surface area contributed by atoms with Crippen LogP contribution in [0.1, 0.15) is 59.1 Å². The first-order chi connectivity index (χ1) is 22.2. The van der Waals surface area contributed by atoms with Gasteiger partial charge in [-0.15, -0.1) is 5.54 Å². The summed E-state index contributed by atoms with van der Waals surface area (Å²) in [6, 6.07) is 21.0. The van der Waals surface area contributed by atoms with E-state index in [1.807, 2.05) is 18.3 Å². The van der Waals surface area contributed by atoms with Gasteiger partial charge >= 0.3 is 0 Å². The van der Waals surface area contributed by atoms with E-state index in [9.17, 15) is 0 Å². The number of aromatic nitrogens is 3. The number of benzene rings is 2. The van der Waals surface area contributed by atoms with E-state index in [-0.39, 0.29) is 0 Å². The zero-order valence-electron chi connectivity index (χ0n) is 28.7. The molecule has 1 aliphatic rings. The number of rotatable bonds is 11. The van der Waals surface area contributed by atoms with Crippen molar-refractivity contribution in [1.82, 2.24) is 19.9 Å². The normalized spacial score (nSPS) is 14.2. The van der Waals surface area contributed by atoms with E-state index in [1.54, 1.807) is 0 Å². The van der Waals surface area contributed by atoms with Gasteiger partial charge in [-0.25, -0.2) is 4.98 Å². The molecule has 0 radical (unpaired) electrons. The Labute approximate surface area is 276 Å². The van der Waals surface area contributed by atoms with Gasteiger partial charge in [0, 0.05) is 55.4 Å². The van der Waals surface area contributed by atoms with Crippen molar-refractivity contribution in [2.75, 3.05) is 50.1 Å². The lowest BCUT2D eigenvalue weighted by Crippen LogP contribution is -2.44. The predicted molar refractivity (Wildman–Crippen MR) is 195 cm³/mol. The van der Waals surface area contributed by atoms with Crippen LogP contribution >= 0.6 is 0 Å². The average molecular weight is 635 g/mol. The molecule has 0 amide bonds. The van der Waals surface area contributed by atoms with Gasteiger partial charge in [0.05, 0.1) is 12.0 Å². The Morgan fingerprint density at radius 3 is 2.20 bits per heavy atom. The summed E-state index contributed by atoms with van der Waals surface area (Å²) < 4.78 is 6.23. The molecule has 0 unspecified atom stereocenters. The number of hydrogen-bond donors (Lipinski definition) is 1. The monoisotopic (exact) mass is 634 g/mol.